The number of nitrogens with one attached hydrogen (secondary N) is 1. The van der Waals surface area contributed by atoms with Gasteiger partial charge in [0.25, 0.3) is 0 Å². The molecule has 1 aliphatic carbocycles. The minimum atomic E-state index is -0.0877. The molecular weight excluding hydrogens is 240 g/mol. The van der Waals surface area contributed by atoms with Gasteiger partial charge in [0.05, 0.1) is 17.8 Å². The summed E-state index contributed by atoms with van der Waals surface area (Å²) in [5, 5.41) is 4.18. The number of hydrogen-bond acceptors (Lipinski definition) is 4. The van der Waals surface area contributed by atoms with Gasteiger partial charge in [-0.3, -0.25) is 10.5 Å². The van der Waals surface area contributed by atoms with Crippen LogP contribution >= 0.6 is 0 Å². The average Bonchev–Trinajstić information content (AvgIpc) is 3.13. The first-order chi connectivity index (χ1) is 9.28. The van der Waals surface area contributed by atoms with Crippen LogP contribution in [0, 0.1) is 0 Å². The summed E-state index contributed by atoms with van der Waals surface area (Å²) in [6.45, 7) is 0. The van der Waals surface area contributed by atoms with E-state index in [0.717, 1.165) is 29.8 Å². The van der Waals surface area contributed by atoms with Crippen molar-refractivity contribution in [3.05, 3.63) is 47.8 Å². The number of nitrogens with zero attached hydrogens (tertiary/aromatic N) is 2. The zero-order valence-electron chi connectivity index (χ0n) is 10.9. The summed E-state index contributed by atoms with van der Waals surface area (Å²) in [6.07, 6.45) is 4.48. The second-order valence-electron chi connectivity index (χ2n) is 4.87. The van der Waals surface area contributed by atoms with Gasteiger partial charge in [0.2, 0.25) is 0 Å². The van der Waals surface area contributed by atoms with E-state index in [4.69, 9.17) is 10.6 Å². The topological polar surface area (TPSA) is 65.1 Å². The SMILES string of the molecule is Cn1nccc1C(NN)c1cccc(OC2CC2)c1. The molecule has 19 heavy (non-hydrogen) atoms. The van der Waals surface area contributed by atoms with Gasteiger partial charge in [0.15, 0.2) is 0 Å². The zero-order valence-corrected chi connectivity index (χ0v) is 10.9. The number of hydrazine groups is 1. The van der Waals surface area contributed by atoms with E-state index in [2.05, 4.69) is 10.5 Å². The van der Waals surface area contributed by atoms with Crippen LogP contribution in [0.5, 0.6) is 5.75 Å². The summed E-state index contributed by atoms with van der Waals surface area (Å²) >= 11 is 0. The number of hydrogen-bond donors (Lipinski definition) is 2. The number of ether oxygens (including phenoxy) is 1. The lowest BCUT2D eigenvalue weighted by atomic mass is 10.0. The minimum Gasteiger partial charge on any atom is -0.490 e. The summed E-state index contributed by atoms with van der Waals surface area (Å²) in [5.41, 5.74) is 4.93. The van der Waals surface area contributed by atoms with Gasteiger partial charge in [-0.05, 0) is 36.6 Å². The normalized spacial score (nSPS) is 16.3. The number of aromatic nitrogens is 2. The van der Waals surface area contributed by atoms with E-state index >= 15 is 0 Å². The molecule has 0 spiro atoms. The van der Waals surface area contributed by atoms with Crippen LogP contribution in [0.2, 0.25) is 0 Å². The van der Waals surface area contributed by atoms with Crippen LogP contribution in [0.4, 0.5) is 0 Å². The Balaban J connectivity index is 1.88. The van der Waals surface area contributed by atoms with Crippen LogP contribution in [0.15, 0.2) is 36.5 Å². The van der Waals surface area contributed by atoms with Crippen molar-refractivity contribution in [1.29, 1.82) is 0 Å². The fraction of sp³-hybridized carbons (Fsp3) is 0.357. The number of rotatable bonds is 5. The van der Waals surface area contributed by atoms with Gasteiger partial charge in [-0.1, -0.05) is 12.1 Å². The van der Waals surface area contributed by atoms with Gasteiger partial charge in [-0.25, -0.2) is 5.43 Å². The van der Waals surface area contributed by atoms with E-state index in [1.54, 1.807) is 6.20 Å². The number of benzene rings is 1. The summed E-state index contributed by atoms with van der Waals surface area (Å²) in [4.78, 5) is 0. The molecule has 1 atom stereocenters. The van der Waals surface area contributed by atoms with Crippen LogP contribution < -0.4 is 16.0 Å². The highest BCUT2D eigenvalue weighted by molar-refractivity contribution is 5.34. The molecule has 0 aliphatic heterocycles. The first-order valence-corrected chi connectivity index (χ1v) is 6.48. The lowest BCUT2D eigenvalue weighted by molar-refractivity contribution is 0.302. The predicted molar refractivity (Wildman–Crippen MR) is 72.5 cm³/mol. The van der Waals surface area contributed by atoms with Crippen molar-refractivity contribution in [3.63, 3.8) is 0 Å². The molecule has 1 aliphatic rings. The van der Waals surface area contributed by atoms with E-state index in [9.17, 15) is 0 Å². The van der Waals surface area contributed by atoms with Crippen molar-refractivity contribution in [2.75, 3.05) is 0 Å². The maximum atomic E-state index is 5.82. The van der Waals surface area contributed by atoms with Gasteiger partial charge in [0.1, 0.15) is 5.75 Å². The minimum absolute atomic E-state index is 0.0877. The highest BCUT2D eigenvalue weighted by Crippen LogP contribution is 2.29. The summed E-state index contributed by atoms with van der Waals surface area (Å²) in [7, 11) is 1.91. The van der Waals surface area contributed by atoms with E-state index in [0.29, 0.717) is 6.10 Å². The Morgan fingerprint density at radius 2 is 2.26 bits per heavy atom. The lowest BCUT2D eigenvalue weighted by Crippen LogP contribution is -2.30. The molecule has 1 aromatic heterocycles. The number of aryl methyl sites for hydroxylation is 1. The molecule has 1 unspecified atom stereocenters. The van der Waals surface area contributed by atoms with Crippen molar-refractivity contribution >= 4 is 0 Å². The molecule has 5 nitrogen and oxygen atoms in total. The van der Waals surface area contributed by atoms with Crippen LogP contribution in [0.1, 0.15) is 30.1 Å². The molecule has 0 radical (unpaired) electrons. The van der Waals surface area contributed by atoms with Crippen molar-refractivity contribution in [2.24, 2.45) is 12.9 Å². The molecule has 1 fully saturated rings. The zero-order chi connectivity index (χ0) is 13.2. The predicted octanol–water partition coefficient (Wildman–Crippen LogP) is 1.51. The summed E-state index contributed by atoms with van der Waals surface area (Å²) in [6, 6.07) is 9.92. The smallest absolute Gasteiger partial charge is 0.120 e. The summed E-state index contributed by atoms with van der Waals surface area (Å²) in [5.74, 6) is 6.60. The Labute approximate surface area is 112 Å². The van der Waals surface area contributed by atoms with Gasteiger partial charge in [0, 0.05) is 13.2 Å². The van der Waals surface area contributed by atoms with Crippen LogP contribution in [-0.4, -0.2) is 15.9 Å². The highest BCUT2D eigenvalue weighted by Gasteiger charge is 2.24. The highest BCUT2D eigenvalue weighted by atomic mass is 16.5. The Morgan fingerprint density at radius 1 is 1.42 bits per heavy atom. The molecule has 0 bridgehead atoms. The van der Waals surface area contributed by atoms with E-state index in [1.807, 2.05) is 42.1 Å². The second kappa shape index (κ2) is 5.03. The molecule has 100 valence electrons. The summed E-state index contributed by atoms with van der Waals surface area (Å²) < 4.78 is 7.64. The molecule has 0 saturated heterocycles. The van der Waals surface area contributed by atoms with E-state index in [1.165, 1.54) is 0 Å². The third-order valence-corrected chi connectivity index (χ3v) is 3.34. The monoisotopic (exact) mass is 258 g/mol. The van der Waals surface area contributed by atoms with Crippen LogP contribution in [0.3, 0.4) is 0 Å². The second-order valence-corrected chi connectivity index (χ2v) is 4.87. The fourth-order valence-electron chi connectivity index (χ4n) is 2.17. The Morgan fingerprint density at radius 3 is 2.89 bits per heavy atom. The first kappa shape index (κ1) is 12.2. The Kier molecular flexibility index (Phi) is 3.23. The van der Waals surface area contributed by atoms with Crippen LogP contribution in [-0.2, 0) is 7.05 Å². The molecule has 2 aromatic rings. The third-order valence-electron chi connectivity index (χ3n) is 3.34. The Bertz CT molecular complexity index is 562. The molecule has 0 amide bonds. The lowest BCUT2D eigenvalue weighted by Gasteiger charge is -2.17. The average molecular weight is 258 g/mol. The molecule has 3 N–H and O–H groups in total. The largest absolute Gasteiger partial charge is 0.490 e. The molecule has 1 heterocycles. The number of nitrogens with two attached hydrogens (primary N) is 1. The van der Waals surface area contributed by atoms with Gasteiger partial charge in [-0.2, -0.15) is 5.10 Å². The fourth-order valence-corrected chi connectivity index (χ4v) is 2.17. The molecular formula is C14H18N4O. The van der Waals surface area contributed by atoms with Gasteiger partial charge >= 0.3 is 0 Å². The third kappa shape index (κ3) is 2.62. The molecule has 5 heteroatoms. The van der Waals surface area contributed by atoms with Crippen LogP contribution in [0.25, 0.3) is 0 Å². The standard InChI is InChI=1S/C14H18N4O/c1-18-13(7-8-16-18)14(17-15)10-3-2-4-12(9-10)19-11-5-6-11/h2-4,7-9,11,14,17H,5-6,15H2,1H3. The first-order valence-electron chi connectivity index (χ1n) is 6.48. The van der Waals surface area contributed by atoms with E-state index in [-0.39, 0.29) is 6.04 Å². The van der Waals surface area contributed by atoms with Crippen molar-refractivity contribution < 1.29 is 4.74 Å². The van der Waals surface area contributed by atoms with Crippen molar-refractivity contribution in [3.8, 4) is 5.75 Å². The van der Waals surface area contributed by atoms with E-state index < -0.39 is 0 Å². The molecule has 3 rings (SSSR count). The molecule has 1 saturated carbocycles. The van der Waals surface area contributed by atoms with Gasteiger partial charge < -0.3 is 4.74 Å². The maximum Gasteiger partial charge on any atom is 0.120 e. The maximum absolute atomic E-state index is 5.82. The Hall–Kier alpha value is -1.85. The van der Waals surface area contributed by atoms with Crippen molar-refractivity contribution in [2.45, 2.75) is 25.0 Å². The quantitative estimate of drug-likeness (QED) is 0.630. The van der Waals surface area contributed by atoms with Gasteiger partial charge in [-0.15, -0.1) is 0 Å². The van der Waals surface area contributed by atoms with Crippen molar-refractivity contribution in [1.82, 2.24) is 15.2 Å². The molecule has 1 aromatic carbocycles.